The number of nitrogens with zero attached hydrogens (tertiary/aromatic N) is 1. The largest absolute Gasteiger partial charge is 0.444 e. The lowest BCUT2D eigenvalue weighted by Crippen LogP contribution is -2.49. The normalized spacial score (nSPS) is 12.7. The average molecular weight is 472 g/mol. The Balaban J connectivity index is 3.23. The van der Waals surface area contributed by atoms with Crippen molar-refractivity contribution in [1.29, 1.82) is 0 Å². The SMILES string of the molecule is C#Cc1ccc(C(C(=O)NC(C)CCC)N(CCCCC)C(=O)CNC(=O)OC(C)(C)C)cc1. The van der Waals surface area contributed by atoms with Gasteiger partial charge in [0.05, 0.1) is 0 Å². The molecule has 2 atom stereocenters. The first-order valence-electron chi connectivity index (χ1n) is 12.2. The molecule has 34 heavy (non-hydrogen) atoms. The van der Waals surface area contributed by atoms with Gasteiger partial charge in [-0.3, -0.25) is 9.59 Å². The van der Waals surface area contributed by atoms with Gasteiger partial charge in [0.15, 0.2) is 0 Å². The van der Waals surface area contributed by atoms with E-state index in [1.165, 1.54) is 0 Å². The van der Waals surface area contributed by atoms with Crippen LogP contribution in [0.15, 0.2) is 24.3 Å². The molecule has 2 unspecified atom stereocenters. The van der Waals surface area contributed by atoms with E-state index in [4.69, 9.17) is 11.2 Å². The summed E-state index contributed by atoms with van der Waals surface area (Å²) < 4.78 is 5.25. The highest BCUT2D eigenvalue weighted by Crippen LogP contribution is 2.23. The van der Waals surface area contributed by atoms with Crippen LogP contribution in [0.25, 0.3) is 0 Å². The summed E-state index contributed by atoms with van der Waals surface area (Å²) in [7, 11) is 0. The van der Waals surface area contributed by atoms with Crippen molar-refractivity contribution in [3.8, 4) is 12.3 Å². The van der Waals surface area contributed by atoms with E-state index in [1.807, 2.05) is 6.92 Å². The Kier molecular flexibility index (Phi) is 12.2. The topological polar surface area (TPSA) is 87.7 Å². The molecule has 0 spiro atoms. The molecule has 0 radical (unpaired) electrons. The molecule has 0 bridgehead atoms. The summed E-state index contributed by atoms with van der Waals surface area (Å²) in [6.45, 7) is 11.5. The van der Waals surface area contributed by atoms with Gasteiger partial charge in [-0.2, -0.15) is 0 Å². The minimum atomic E-state index is -0.837. The van der Waals surface area contributed by atoms with Crippen LogP contribution in [0.4, 0.5) is 4.79 Å². The standard InChI is InChI=1S/C27H41N3O4/c1-8-11-12-18-30(23(31)19-28-26(33)34-27(5,6)7)24(25(32)29-20(4)13-9-2)22-16-14-21(10-3)15-17-22/h3,14-17,20,24H,8-9,11-13,18-19H2,1-2,4-7H3,(H,28,33)(H,29,32). The average Bonchev–Trinajstić information content (AvgIpc) is 2.76. The van der Waals surface area contributed by atoms with Crippen molar-refractivity contribution in [2.75, 3.05) is 13.1 Å². The van der Waals surface area contributed by atoms with Gasteiger partial charge in [-0.25, -0.2) is 4.79 Å². The van der Waals surface area contributed by atoms with Crippen LogP contribution in [0.5, 0.6) is 0 Å². The minimum Gasteiger partial charge on any atom is -0.444 e. The molecule has 2 N–H and O–H groups in total. The molecule has 1 rings (SSSR count). The number of amides is 3. The molecule has 0 aliphatic heterocycles. The second kappa shape index (κ2) is 14.3. The van der Waals surface area contributed by atoms with Crippen molar-refractivity contribution in [3.05, 3.63) is 35.4 Å². The van der Waals surface area contributed by atoms with Gasteiger partial charge in [-0.05, 0) is 58.2 Å². The van der Waals surface area contributed by atoms with Crippen molar-refractivity contribution in [3.63, 3.8) is 0 Å². The summed E-state index contributed by atoms with van der Waals surface area (Å²) in [6, 6.07) is 6.22. The quantitative estimate of drug-likeness (QED) is 0.346. The summed E-state index contributed by atoms with van der Waals surface area (Å²) in [6.07, 6.45) is 9.21. The van der Waals surface area contributed by atoms with E-state index in [-0.39, 0.29) is 24.4 Å². The van der Waals surface area contributed by atoms with E-state index in [9.17, 15) is 14.4 Å². The molecule has 0 aliphatic carbocycles. The number of hydrogen-bond acceptors (Lipinski definition) is 4. The van der Waals surface area contributed by atoms with E-state index in [0.29, 0.717) is 17.7 Å². The monoisotopic (exact) mass is 471 g/mol. The third kappa shape index (κ3) is 10.3. The second-order valence-corrected chi connectivity index (χ2v) is 9.52. The highest BCUT2D eigenvalue weighted by molar-refractivity contribution is 5.90. The Labute approximate surface area is 205 Å². The number of carbonyl (C=O) groups excluding carboxylic acids is 3. The molecule has 0 heterocycles. The molecule has 0 aliphatic rings. The predicted molar refractivity (Wildman–Crippen MR) is 135 cm³/mol. The van der Waals surface area contributed by atoms with E-state index in [1.54, 1.807) is 49.9 Å². The zero-order valence-corrected chi connectivity index (χ0v) is 21.6. The number of nitrogens with one attached hydrogen (secondary N) is 2. The molecule has 3 amide bonds. The maximum absolute atomic E-state index is 13.4. The van der Waals surface area contributed by atoms with Crippen molar-refractivity contribution in [1.82, 2.24) is 15.5 Å². The van der Waals surface area contributed by atoms with Crippen LogP contribution < -0.4 is 10.6 Å². The van der Waals surface area contributed by atoms with Gasteiger partial charge in [0.25, 0.3) is 0 Å². The van der Waals surface area contributed by atoms with Gasteiger partial charge >= 0.3 is 6.09 Å². The first-order valence-corrected chi connectivity index (χ1v) is 12.2. The number of carbonyl (C=O) groups is 3. The minimum absolute atomic E-state index is 0.0301. The maximum atomic E-state index is 13.4. The number of rotatable bonds is 12. The van der Waals surface area contributed by atoms with Crippen LogP contribution in [-0.4, -0.2) is 47.5 Å². The molecular formula is C27H41N3O4. The van der Waals surface area contributed by atoms with Crippen molar-refractivity contribution in [2.45, 2.75) is 91.3 Å². The van der Waals surface area contributed by atoms with Crippen LogP contribution >= 0.6 is 0 Å². The van der Waals surface area contributed by atoms with Gasteiger partial charge in [0.1, 0.15) is 18.2 Å². The lowest BCUT2D eigenvalue weighted by atomic mass is 10.0. The first-order chi connectivity index (χ1) is 16.0. The third-order valence-electron chi connectivity index (χ3n) is 5.17. The Hall–Kier alpha value is -3.01. The number of ether oxygens (including phenoxy) is 1. The van der Waals surface area contributed by atoms with Crippen LogP contribution in [0.3, 0.4) is 0 Å². The molecule has 1 aromatic rings. The number of hydrogen-bond donors (Lipinski definition) is 2. The fourth-order valence-electron chi connectivity index (χ4n) is 3.55. The zero-order valence-electron chi connectivity index (χ0n) is 21.6. The Morgan fingerprint density at radius 1 is 1.09 bits per heavy atom. The van der Waals surface area contributed by atoms with E-state index in [2.05, 4.69) is 30.4 Å². The summed E-state index contributed by atoms with van der Waals surface area (Å²) in [5.41, 5.74) is 0.685. The highest BCUT2D eigenvalue weighted by Gasteiger charge is 2.32. The maximum Gasteiger partial charge on any atom is 0.408 e. The predicted octanol–water partition coefficient (Wildman–Crippen LogP) is 4.56. The summed E-state index contributed by atoms with van der Waals surface area (Å²) in [5.74, 6) is 1.97. The number of terminal acetylenes is 1. The molecule has 0 saturated heterocycles. The summed E-state index contributed by atoms with van der Waals surface area (Å²) in [5, 5.41) is 5.57. The molecule has 0 fully saturated rings. The number of unbranched alkanes of at least 4 members (excludes halogenated alkanes) is 2. The summed E-state index contributed by atoms with van der Waals surface area (Å²) in [4.78, 5) is 40.4. The fraction of sp³-hybridized carbons (Fsp3) is 0.593. The lowest BCUT2D eigenvalue weighted by Gasteiger charge is -2.32. The van der Waals surface area contributed by atoms with Gasteiger partial charge < -0.3 is 20.3 Å². The van der Waals surface area contributed by atoms with Crippen molar-refractivity contribution in [2.24, 2.45) is 0 Å². The molecule has 0 aromatic heterocycles. The van der Waals surface area contributed by atoms with Crippen LogP contribution in [0, 0.1) is 12.3 Å². The van der Waals surface area contributed by atoms with Gasteiger partial charge in [-0.15, -0.1) is 6.42 Å². The Bertz CT molecular complexity index is 837. The lowest BCUT2D eigenvalue weighted by molar-refractivity contribution is -0.140. The van der Waals surface area contributed by atoms with E-state index in [0.717, 1.165) is 32.1 Å². The Morgan fingerprint density at radius 3 is 2.26 bits per heavy atom. The Morgan fingerprint density at radius 2 is 1.74 bits per heavy atom. The third-order valence-corrected chi connectivity index (χ3v) is 5.17. The first kappa shape index (κ1) is 29.0. The molecule has 0 saturated carbocycles. The smallest absolute Gasteiger partial charge is 0.408 e. The highest BCUT2D eigenvalue weighted by atomic mass is 16.6. The van der Waals surface area contributed by atoms with Gasteiger partial charge in [0.2, 0.25) is 11.8 Å². The zero-order chi connectivity index (χ0) is 25.7. The number of alkyl carbamates (subject to hydrolysis) is 1. The summed E-state index contributed by atoms with van der Waals surface area (Å²) >= 11 is 0. The number of benzene rings is 1. The molecule has 7 heteroatoms. The van der Waals surface area contributed by atoms with Crippen LogP contribution in [-0.2, 0) is 14.3 Å². The van der Waals surface area contributed by atoms with Crippen LogP contribution in [0.2, 0.25) is 0 Å². The van der Waals surface area contributed by atoms with E-state index >= 15 is 0 Å². The second-order valence-electron chi connectivity index (χ2n) is 9.52. The molecule has 188 valence electrons. The molecule has 7 nitrogen and oxygen atoms in total. The molecular weight excluding hydrogens is 430 g/mol. The van der Waals surface area contributed by atoms with Gasteiger partial charge in [-0.1, -0.05) is 51.2 Å². The molecule has 1 aromatic carbocycles. The van der Waals surface area contributed by atoms with Crippen molar-refractivity contribution < 1.29 is 19.1 Å². The van der Waals surface area contributed by atoms with Crippen LogP contribution in [0.1, 0.15) is 90.8 Å². The fourth-order valence-corrected chi connectivity index (χ4v) is 3.55. The van der Waals surface area contributed by atoms with Crippen molar-refractivity contribution >= 4 is 17.9 Å². The van der Waals surface area contributed by atoms with Gasteiger partial charge in [0, 0.05) is 18.2 Å². The van der Waals surface area contributed by atoms with E-state index < -0.39 is 17.7 Å².